The molecule has 0 aliphatic carbocycles. The Hall–Kier alpha value is -4.46. The molecular formula is C29H31N3O5. The van der Waals surface area contributed by atoms with E-state index in [9.17, 15) is 14.4 Å². The van der Waals surface area contributed by atoms with E-state index < -0.39 is 24.0 Å². The van der Waals surface area contributed by atoms with E-state index >= 15 is 0 Å². The van der Waals surface area contributed by atoms with E-state index in [4.69, 9.17) is 9.47 Å². The van der Waals surface area contributed by atoms with E-state index in [0.29, 0.717) is 12.1 Å². The lowest BCUT2D eigenvalue weighted by molar-refractivity contribution is -0.123. The number of nitrogens with one attached hydrogen (secondary N) is 2. The van der Waals surface area contributed by atoms with Gasteiger partial charge in [-0.25, -0.2) is 9.59 Å². The minimum atomic E-state index is -0.604. The molecule has 8 nitrogen and oxygen atoms in total. The van der Waals surface area contributed by atoms with Gasteiger partial charge in [-0.3, -0.25) is 9.78 Å². The Morgan fingerprint density at radius 1 is 0.973 bits per heavy atom. The van der Waals surface area contributed by atoms with Gasteiger partial charge in [0.05, 0.1) is 24.6 Å². The Morgan fingerprint density at radius 2 is 1.68 bits per heavy atom. The van der Waals surface area contributed by atoms with Gasteiger partial charge in [0.1, 0.15) is 6.61 Å². The first-order valence-electron chi connectivity index (χ1n) is 11.9. The summed E-state index contributed by atoms with van der Waals surface area (Å²) in [5.74, 6) is -1.07. The lowest BCUT2D eigenvalue weighted by atomic mass is 9.95. The molecule has 0 aliphatic rings. The van der Waals surface area contributed by atoms with E-state index in [1.807, 2.05) is 49.4 Å². The summed E-state index contributed by atoms with van der Waals surface area (Å²) >= 11 is 0. The Morgan fingerprint density at radius 3 is 2.32 bits per heavy atom. The van der Waals surface area contributed by atoms with Crippen molar-refractivity contribution in [3.8, 4) is 0 Å². The van der Waals surface area contributed by atoms with Gasteiger partial charge in [0.2, 0.25) is 5.91 Å². The van der Waals surface area contributed by atoms with E-state index in [2.05, 4.69) is 15.6 Å². The van der Waals surface area contributed by atoms with Crippen molar-refractivity contribution in [1.29, 1.82) is 0 Å². The van der Waals surface area contributed by atoms with Gasteiger partial charge in [0.25, 0.3) is 0 Å². The minimum Gasteiger partial charge on any atom is -0.465 e. The third-order valence-electron chi connectivity index (χ3n) is 5.71. The number of aromatic nitrogens is 1. The lowest BCUT2D eigenvalue weighted by Gasteiger charge is -2.21. The number of carbonyl (C=O) groups excluding carboxylic acids is 3. The van der Waals surface area contributed by atoms with Crippen LogP contribution >= 0.6 is 0 Å². The molecule has 0 bridgehead atoms. The first-order chi connectivity index (χ1) is 17.9. The van der Waals surface area contributed by atoms with Gasteiger partial charge in [0.15, 0.2) is 0 Å². The molecule has 3 rings (SSSR count). The quantitative estimate of drug-likeness (QED) is 0.307. The molecule has 0 fully saturated rings. The number of amides is 2. The number of hydrogen-bond acceptors (Lipinski definition) is 6. The van der Waals surface area contributed by atoms with Crippen LogP contribution in [0, 0.1) is 5.92 Å². The van der Waals surface area contributed by atoms with Crippen LogP contribution in [0.15, 0.2) is 90.8 Å². The molecule has 37 heavy (non-hydrogen) atoms. The summed E-state index contributed by atoms with van der Waals surface area (Å²) in [5, 5.41) is 5.78. The number of benzene rings is 2. The van der Waals surface area contributed by atoms with Crippen molar-refractivity contribution in [3.63, 3.8) is 0 Å². The summed E-state index contributed by atoms with van der Waals surface area (Å²) in [4.78, 5) is 41.3. The van der Waals surface area contributed by atoms with Gasteiger partial charge in [-0.15, -0.1) is 0 Å². The van der Waals surface area contributed by atoms with Crippen molar-refractivity contribution < 1.29 is 23.9 Å². The average Bonchev–Trinajstić information content (AvgIpc) is 2.94. The highest BCUT2D eigenvalue weighted by molar-refractivity contribution is 5.89. The number of esters is 1. The Labute approximate surface area is 216 Å². The molecule has 0 saturated carbocycles. The number of methoxy groups -OCH3 is 1. The summed E-state index contributed by atoms with van der Waals surface area (Å²) in [5.41, 5.74) is 3.62. The fraction of sp³-hybridized carbons (Fsp3) is 0.241. The van der Waals surface area contributed by atoms with Crippen molar-refractivity contribution in [2.24, 2.45) is 5.92 Å². The van der Waals surface area contributed by atoms with Gasteiger partial charge < -0.3 is 20.1 Å². The molecule has 2 atom stereocenters. The van der Waals surface area contributed by atoms with Crippen LogP contribution in [0.2, 0.25) is 0 Å². The van der Waals surface area contributed by atoms with Crippen molar-refractivity contribution >= 4 is 18.0 Å². The van der Waals surface area contributed by atoms with Crippen LogP contribution < -0.4 is 10.6 Å². The maximum atomic E-state index is 12.7. The van der Waals surface area contributed by atoms with Gasteiger partial charge in [-0.1, -0.05) is 61.5 Å². The molecule has 3 aromatic rings. The number of hydrogen-bond donors (Lipinski definition) is 2. The van der Waals surface area contributed by atoms with Crippen LogP contribution in [0.25, 0.3) is 0 Å². The number of nitrogens with zero attached hydrogens (tertiary/aromatic N) is 1. The fourth-order valence-corrected chi connectivity index (χ4v) is 3.69. The molecule has 2 aromatic carbocycles. The predicted molar refractivity (Wildman–Crippen MR) is 139 cm³/mol. The molecule has 2 amide bonds. The second-order valence-electron chi connectivity index (χ2n) is 8.53. The van der Waals surface area contributed by atoms with Gasteiger partial charge in [-0.2, -0.15) is 0 Å². The van der Waals surface area contributed by atoms with Crippen molar-refractivity contribution in [2.75, 3.05) is 7.11 Å². The molecule has 0 saturated heterocycles. The summed E-state index contributed by atoms with van der Waals surface area (Å²) < 4.78 is 10.2. The van der Waals surface area contributed by atoms with Crippen molar-refractivity contribution in [2.45, 2.75) is 33.0 Å². The summed E-state index contributed by atoms with van der Waals surface area (Å²) in [6.45, 7) is 4.11. The monoisotopic (exact) mass is 501 g/mol. The van der Waals surface area contributed by atoms with Crippen molar-refractivity contribution in [1.82, 2.24) is 15.6 Å². The smallest absolute Gasteiger partial charge is 0.408 e. The molecule has 0 spiro atoms. The largest absolute Gasteiger partial charge is 0.465 e. The zero-order valence-corrected chi connectivity index (χ0v) is 21.1. The highest BCUT2D eigenvalue weighted by Gasteiger charge is 2.20. The van der Waals surface area contributed by atoms with Crippen LogP contribution in [0.3, 0.4) is 0 Å². The van der Waals surface area contributed by atoms with E-state index in [-0.39, 0.29) is 12.5 Å². The molecule has 1 heterocycles. The summed E-state index contributed by atoms with van der Waals surface area (Å²) in [7, 11) is 1.32. The van der Waals surface area contributed by atoms with Crippen LogP contribution in [0.5, 0.6) is 0 Å². The third-order valence-corrected chi connectivity index (χ3v) is 5.71. The number of alkyl carbamates (subject to hydrolysis) is 1. The Kier molecular flexibility index (Phi) is 9.96. The fourth-order valence-electron chi connectivity index (χ4n) is 3.69. The molecule has 0 aliphatic heterocycles. The number of rotatable bonds is 10. The maximum Gasteiger partial charge on any atom is 0.408 e. The first kappa shape index (κ1) is 27.1. The second kappa shape index (κ2) is 13.6. The van der Waals surface area contributed by atoms with Gasteiger partial charge in [-0.05, 0) is 47.4 Å². The van der Waals surface area contributed by atoms with Crippen LogP contribution in [-0.2, 0) is 27.4 Å². The standard InChI is InChI=1S/C29H31N3O5/c1-20(16-21(2)27(33)31-18-23-10-7-15-30-17-23)26(24-11-13-25(14-12-24)28(34)36-3)32-29(35)37-19-22-8-5-4-6-9-22/h4-17,21,26H,18-19H2,1-3H3,(H,31,33)(H,32,35)/b20-16+/t21-,26?/m1/s1. The molecule has 1 aromatic heterocycles. The first-order valence-corrected chi connectivity index (χ1v) is 11.9. The minimum absolute atomic E-state index is 0.122. The molecule has 2 N–H and O–H groups in total. The summed E-state index contributed by atoms with van der Waals surface area (Å²) in [6, 6.07) is 19.2. The lowest BCUT2D eigenvalue weighted by Crippen LogP contribution is -2.31. The molecule has 1 unspecified atom stereocenters. The third kappa shape index (κ3) is 8.31. The molecule has 192 valence electrons. The van der Waals surface area contributed by atoms with Crippen LogP contribution in [0.4, 0.5) is 4.79 Å². The predicted octanol–water partition coefficient (Wildman–Crippen LogP) is 4.73. The average molecular weight is 502 g/mol. The van der Waals surface area contributed by atoms with E-state index in [1.54, 1.807) is 49.7 Å². The highest BCUT2D eigenvalue weighted by atomic mass is 16.5. The zero-order valence-electron chi connectivity index (χ0n) is 21.1. The normalized spacial score (nSPS) is 12.7. The van der Waals surface area contributed by atoms with Gasteiger partial charge >= 0.3 is 12.1 Å². The second-order valence-corrected chi connectivity index (χ2v) is 8.53. The number of ether oxygens (including phenoxy) is 2. The Balaban J connectivity index is 1.74. The SMILES string of the molecule is COC(=O)c1ccc(C(NC(=O)OCc2ccccc2)/C(C)=C/[C@@H](C)C(=O)NCc2cccnc2)cc1. The number of carbonyl (C=O) groups is 3. The van der Waals surface area contributed by atoms with E-state index in [1.165, 1.54) is 7.11 Å². The molecule has 8 heteroatoms. The summed E-state index contributed by atoms with van der Waals surface area (Å²) in [6.07, 6.45) is 4.57. The highest BCUT2D eigenvalue weighted by Crippen LogP contribution is 2.24. The maximum absolute atomic E-state index is 12.7. The van der Waals surface area contributed by atoms with Crippen molar-refractivity contribution in [3.05, 3.63) is 113 Å². The molecular weight excluding hydrogens is 470 g/mol. The molecule has 0 radical (unpaired) electrons. The van der Waals surface area contributed by atoms with Crippen LogP contribution in [0.1, 0.15) is 46.9 Å². The van der Waals surface area contributed by atoms with Crippen LogP contribution in [-0.4, -0.2) is 30.1 Å². The van der Waals surface area contributed by atoms with Gasteiger partial charge in [0, 0.05) is 18.9 Å². The zero-order chi connectivity index (χ0) is 26.6. The van der Waals surface area contributed by atoms with E-state index in [0.717, 1.165) is 22.3 Å². The topological polar surface area (TPSA) is 107 Å². The number of pyridine rings is 1. The Bertz CT molecular complexity index is 1210.